The molecule has 4 nitrogen and oxygen atoms in total. The maximum absolute atomic E-state index is 12.3. The molecule has 3 rings (SSSR count). The van der Waals surface area contributed by atoms with E-state index in [0.717, 1.165) is 3.79 Å². The number of fused-ring (bicyclic) bond motifs is 1. The van der Waals surface area contributed by atoms with E-state index in [0.29, 0.717) is 21.9 Å². The number of hydrogen-bond donors (Lipinski definition) is 1. The molecule has 0 spiro atoms. The Kier molecular flexibility index (Phi) is 3.35. The van der Waals surface area contributed by atoms with Crippen molar-refractivity contribution in [3.8, 4) is 5.75 Å². The second kappa shape index (κ2) is 5.03. The standard InChI is InChI=1S/C14H10BrNO3S/c1-7-14(18)16-9-6-8(2-3-10(9)19-7)13(17)11-4-5-12(15)20-11/h2-7H,1H3,(H,16,18). The van der Waals surface area contributed by atoms with Crippen molar-refractivity contribution in [3.63, 3.8) is 0 Å². The minimum absolute atomic E-state index is 0.0728. The number of carbonyl (C=O) groups is 2. The summed E-state index contributed by atoms with van der Waals surface area (Å²) in [5.74, 6) is 0.304. The lowest BCUT2D eigenvalue weighted by atomic mass is 10.1. The van der Waals surface area contributed by atoms with Crippen molar-refractivity contribution >= 4 is 44.6 Å². The van der Waals surface area contributed by atoms with E-state index in [9.17, 15) is 9.59 Å². The van der Waals surface area contributed by atoms with Crippen molar-refractivity contribution in [3.05, 3.63) is 44.6 Å². The van der Waals surface area contributed by atoms with Crippen LogP contribution in [0.4, 0.5) is 5.69 Å². The number of halogens is 1. The van der Waals surface area contributed by atoms with Crippen molar-refractivity contribution in [2.24, 2.45) is 0 Å². The first-order chi connectivity index (χ1) is 9.54. The molecule has 1 aliphatic heterocycles. The first-order valence-corrected chi connectivity index (χ1v) is 7.57. The van der Waals surface area contributed by atoms with E-state index in [1.165, 1.54) is 11.3 Å². The van der Waals surface area contributed by atoms with Gasteiger partial charge in [-0.1, -0.05) is 0 Å². The highest BCUT2D eigenvalue weighted by Crippen LogP contribution is 2.32. The number of nitrogens with one attached hydrogen (secondary N) is 1. The SMILES string of the molecule is CC1Oc2ccc(C(=O)c3ccc(Br)s3)cc2NC1=O. The molecule has 102 valence electrons. The smallest absolute Gasteiger partial charge is 0.265 e. The third kappa shape index (κ3) is 2.36. The van der Waals surface area contributed by atoms with Gasteiger partial charge in [-0.05, 0) is 53.2 Å². The molecule has 0 fully saturated rings. The normalized spacial score (nSPS) is 17.1. The van der Waals surface area contributed by atoms with E-state index >= 15 is 0 Å². The number of anilines is 1. The fraction of sp³-hybridized carbons (Fsp3) is 0.143. The molecule has 1 aromatic carbocycles. The van der Waals surface area contributed by atoms with Crippen LogP contribution in [0.2, 0.25) is 0 Å². The first kappa shape index (κ1) is 13.3. The van der Waals surface area contributed by atoms with Gasteiger partial charge in [0.2, 0.25) is 5.78 Å². The largest absolute Gasteiger partial charge is 0.479 e. The van der Waals surface area contributed by atoms with Gasteiger partial charge in [-0.15, -0.1) is 11.3 Å². The molecular formula is C14H10BrNO3S. The highest BCUT2D eigenvalue weighted by atomic mass is 79.9. The molecule has 0 aliphatic carbocycles. The van der Waals surface area contributed by atoms with Crippen LogP contribution >= 0.6 is 27.3 Å². The molecular weight excluding hydrogens is 342 g/mol. The summed E-state index contributed by atoms with van der Waals surface area (Å²) >= 11 is 4.71. The Morgan fingerprint density at radius 1 is 1.35 bits per heavy atom. The quantitative estimate of drug-likeness (QED) is 0.843. The van der Waals surface area contributed by atoms with Crippen molar-refractivity contribution in [2.45, 2.75) is 13.0 Å². The fourth-order valence-corrected chi connectivity index (χ4v) is 3.28. The Morgan fingerprint density at radius 3 is 2.85 bits per heavy atom. The predicted octanol–water partition coefficient (Wildman–Crippen LogP) is 3.46. The van der Waals surface area contributed by atoms with Crippen molar-refractivity contribution in [2.75, 3.05) is 5.32 Å². The second-order valence-corrected chi connectivity index (χ2v) is 6.86. The first-order valence-electron chi connectivity index (χ1n) is 5.96. The summed E-state index contributed by atoms with van der Waals surface area (Å²) in [5, 5.41) is 2.74. The Hall–Kier alpha value is -1.66. The molecule has 20 heavy (non-hydrogen) atoms. The van der Waals surface area contributed by atoms with Crippen LogP contribution in [0.3, 0.4) is 0 Å². The van der Waals surface area contributed by atoms with E-state index in [-0.39, 0.29) is 11.7 Å². The number of carbonyl (C=O) groups excluding carboxylic acids is 2. The average molecular weight is 352 g/mol. The zero-order valence-corrected chi connectivity index (χ0v) is 12.9. The number of rotatable bonds is 2. The summed E-state index contributed by atoms with van der Waals surface area (Å²) in [5.41, 5.74) is 1.06. The molecule has 1 atom stereocenters. The number of amides is 1. The molecule has 1 unspecified atom stereocenters. The number of ether oxygens (including phenoxy) is 1. The van der Waals surface area contributed by atoms with Crippen LogP contribution < -0.4 is 10.1 Å². The lowest BCUT2D eigenvalue weighted by Gasteiger charge is -2.23. The topological polar surface area (TPSA) is 55.4 Å². The van der Waals surface area contributed by atoms with E-state index in [1.807, 2.05) is 6.07 Å². The van der Waals surface area contributed by atoms with Gasteiger partial charge in [0, 0.05) is 5.56 Å². The Labute approximate surface area is 127 Å². The summed E-state index contributed by atoms with van der Waals surface area (Å²) in [4.78, 5) is 24.6. The monoisotopic (exact) mass is 351 g/mol. The van der Waals surface area contributed by atoms with Gasteiger partial charge in [0.25, 0.3) is 5.91 Å². The Morgan fingerprint density at radius 2 is 2.15 bits per heavy atom. The van der Waals surface area contributed by atoms with Crippen LogP contribution in [-0.4, -0.2) is 17.8 Å². The maximum atomic E-state index is 12.3. The van der Waals surface area contributed by atoms with E-state index in [4.69, 9.17) is 4.74 Å². The number of hydrogen-bond acceptors (Lipinski definition) is 4. The number of ketones is 1. The third-order valence-corrected chi connectivity index (χ3v) is 4.59. The molecule has 0 bridgehead atoms. The zero-order chi connectivity index (χ0) is 14.3. The van der Waals surface area contributed by atoms with Crippen molar-refractivity contribution in [1.82, 2.24) is 0 Å². The van der Waals surface area contributed by atoms with Gasteiger partial charge in [-0.3, -0.25) is 9.59 Å². The van der Waals surface area contributed by atoms with Crippen LogP contribution in [0.1, 0.15) is 22.2 Å². The fourth-order valence-electron chi connectivity index (χ4n) is 1.93. The summed E-state index contributed by atoms with van der Waals surface area (Å²) in [6.45, 7) is 1.68. The number of benzene rings is 1. The lowest BCUT2D eigenvalue weighted by molar-refractivity contribution is -0.122. The summed E-state index contributed by atoms with van der Waals surface area (Å²) < 4.78 is 6.37. The van der Waals surface area contributed by atoms with Gasteiger partial charge in [0.15, 0.2) is 6.10 Å². The van der Waals surface area contributed by atoms with Crippen LogP contribution in [-0.2, 0) is 4.79 Å². The van der Waals surface area contributed by atoms with Gasteiger partial charge >= 0.3 is 0 Å². The average Bonchev–Trinajstić information content (AvgIpc) is 2.85. The minimum Gasteiger partial charge on any atom is -0.479 e. The highest BCUT2D eigenvalue weighted by Gasteiger charge is 2.24. The molecule has 1 N–H and O–H groups in total. The Balaban J connectivity index is 1.95. The van der Waals surface area contributed by atoms with Gasteiger partial charge in [0.1, 0.15) is 5.75 Å². The van der Waals surface area contributed by atoms with Gasteiger partial charge in [-0.25, -0.2) is 0 Å². The molecule has 0 radical (unpaired) electrons. The molecule has 2 heterocycles. The van der Waals surface area contributed by atoms with E-state index in [2.05, 4.69) is 21.2 Å². The summed E-state index contributed by atoms with van der Waals surface area (Å²) in [7, 11) is 0. The Bertz CT molecular complexity index is 710. The van der Waals surface area contributed by atoms with Crippen LogP contribution in [0.25, 0.3) is 0 Å². The van der Waals surface area contributed by atoms with Gasteiger partial charge in [-0.2, -0.15) is 0 Å². The molecule has 1 aromatic heterocycles. The molecule has 0 saturated carbocycles. The predicted molar refractivity (Wildman–Crippen MR) is 80.6 cm³/mol. The summed E-state index contributed by atoms with van der Waals surface area (Å²) in [6, 6.07) is 8.67. The van der Waals surface area contributed by atoms with Crippen LogP contribution in [0, 0.1) is 0 Å². The highest BCUT2D eigenvalue weighted by molar-refractivity contribution is 9.11. The minimum atomic E-state index is -0.516. The second-order valence-electron chi connectivity index (χ2n) is 4.39. The molecule has 0 saturated heterocycles. The van der Waals surface area contributed by atoms with Crippen molar-refractivity contribution in [1.29, 1.82) is 0 Å². The van der Waals surface area contributed by atoms with Gasteiger partial charge in [0.05, 0.1) is 14.4 Å². The number of thiophene rings is 1. The molecule has 2 aromatic rings. The van der Waals surface area contributed by atoms with Crippen LogP contribution in [0.5, 0.6) is 5.75 Å². The third-order valence-electron chi connectivity index (χ3n) is 2.97. The zero-order valence-electron chi connectivity index (χ0n) is 10.5. The molecule has 1 amide bonds. The van der Waals surface area contributed by atoms with Gasteiger partial charge < -0.3 is 10.1 Å². The van der Waals surface area contributed by atoms with E-state index in [1.54, 1.807) is 31.2 Å². The molecule has 6 heteroatoms. The lowest BCUT2D eigenvalue weighted by Crippen LogP contribution is -2.34. The summed E-state index contributed by atoms with van der Waals surface area (Å²) in [6.07, 6.45) is -0.516. The molecule has 1 aliphatic rings. The van der Waals surface area contributed by atoms with E-state index < -0.39 is 6.10 Å². The van der Waals surface area contributed by atoms with Crippen molar-refractivity contribution < 1.29 is 14.3 Å². The maximum Gasteiger partial charge on any atom is 0.265 e. The van der Waals surface area contributed by atoms with Crippen LogP contribution in [0.15, 0.2) is 34.1 Å².